The average molecular weight is 329 g/mol. The Bertz CT molecular complexity index is 555. The minimum absolute atomic E-state index is 0.00332. The smallest absolute Gasteiger partial charge is 0.251 e. The van der Waals surface area contributed by atoms with Gasteiger partial charge in [-0.25, -0.2) is 0 Å². The third-order valence-corrected chi connectivity index (χ3v) is 5.03. The maximum Gasteiger partial charge on any atom is 0.251 e. The largest absolute Gasteiger partial charge is 0.352 e. The van der Waals surface area contributed by atoms with E-state index in [9.17, 15) is 9.59 Å². The van der Waals surface area contributed by atoms with Crippen LogP contribution >= 0.6 is 0 Å². The van der Waals surface area contributed by atoms with Crippen molar-refractivity contribution in [3.63, 3.8) is 0 Å². The second-order valence-corrected chi connectivity index (χ2v) is 6.87. The summed E-state index contributed by atoms with van der Waals surface area (Å²) in [6, 6.07) is 9.28. The summed E-state index contributed by atoms with van der Waals surface area (Å²) in [6.07, 6.45) is 5.33. The molecule has 0 aromatic heterocycles. The first-order valence-electron chi connectivity index (χ1n) is 9.09. The molecule has 0 saturated carbocycles. The maximum atomic E-state index is 12.6. The molecule has 0 spiro atoms. The lowest BCUT2D eigenvalue weighted by Crippen LogP contribution is -2.52. The number of carbonyl (C=O) groups is 2. The Kier molecular flexibility index (Phi) is 5.86. The molecule has 5 nitrogen and oxygen atoms in total. The Morgan fingerprint density at radius 3 is 2.71 bits per heavy atom. The van der Waals surface area contributed by atoms with Gasteiger partial charge in [-0.3, -0.25) is 9.59 Å². The van der Waals surface area contributed by atoms with Gasteiger partial charge in [-0.05, 0) is 50.3 Å². The number of amides is 2. The van der Waals surface area contributed by atoms with E-state index in [1.54, 1.807) is 0 Å². The molecule has 2 aliphatic rings. The molecule has 2 aliphatic heterocycles. The van der Waals surface area contributed by atoms with E-state index in [-0.39, 0.29) is 17.9 Å². The van der Waals surface area contributed by atoms with Crippen LogP contribution in [0.4, 0.5) is 0 Å². The van der Waals surface area contributed by atoms with Gasteiger partial charge in [0.2, 0.25) is 5.91 Å². The molecule has 2 N–H and O–H groups in total. The first-order valence-corrected chi connectivity index (χ1v) is 9.09. The molecular weight excluding hydrogens is 302 g/mol. The highest BCUT2D eigenvalue weighted by atomic mass is 16.2. The van der Waals surface area contributed by atoms with Crippen molar-refractivity contribution in [2.45, 2.75) is 38.1 Å². The van der Waals surface area contributed by atoms with E-state index in [4.69, 9.17) is 0 Å². The average Bonchev–Trinajstić information content (AvgIpc) is 2.67. The summed E-state index contributed by atoms with van der Waals surface area (Å²) in [5.41, 5.74) is 0.688. The van der Waals surface area contributed by atoms with E-state index in [0.717, 1.165) is 51.7 Å². The minimum Gasteiger partial charge on any atom is -0.352 e. The third-order valence-electron chi connectivity index (χ3n) is 5.03. The van der Waals surface area contributed by atoms with Gasteiger partial charge in [-0.15, -0.1) is 0 Å². The lowest BCUT2D eigenvalue weighted by molar-refractivity contribution is -0.135. The molecule has 0 radical (unpaired) electrons. The predicted molar refractivity (Wildman–Crippen MR) is 93.7 cm³/mol. The van der Waals surface area contributed by atoms with Crippen LogP contribution in [-0.4, -0.2) is 48.9 Å². The highest BCUT2D eigenvalue weighted by Gasteiger charge is 2.29. The van der Waals surface area contributed by atoms with Crippen molar-refractivity contribution >= 4 is 11.8 Å². The van der Waals surface area contributed by atoms with Crippen molar-refractivity contribution in [3.8, 4) is 0 Å². The summed E-state index contributed by atoms with van der Waals surface area (Å²) in [5, 5.41) is 6.36. The molecule has 24 heavy (non-hydrogen) atoms. The SMILES string of the molecule is O=C(NCC1CCCN(C(=O)C2CCCCN2)C1)c1ccccc1. The predicted octanol–water partition coefficient (Wildman–Crippen LogP) is 1.80. The third kappa shape index (κ3) is 4.35. The minimum atomic E-state index is -0.0343. The van der Waals surface area contributed by atoms with Gasteiger partial charge < -0.3 is 15.5 Å². The number of hydrogen-bond donors (Lipinski definition) is 2. The quantitative estimate of drug-likeness (QED) is 0.885. The number of nitrogens with zero attached hydrogens (tertiary/aromatic N) is 1. The Balaban J connectivity index is 1.48. The Hall–Kier alpha value is -1.88. The second-order valence-electron chi connectivity index (χ2n) is 6.87. The number of piperidine rings is 2. The van der Waals surface area contributed by atoms with Crippen LogP contribution in [0.5, 0.6) is 0 Å². The summed E-state index contributed by atoms with van der Waals surface area (Å²) in [7, 11) is 0. The van der Waals surface area contributed by atoms with Gasteiger partial charge in [0.15, 0.2) is 0 Å². The fourth-order valence-corrected chi connectivity index (χ4v) is 3.64. The summed E-state index contributed by atoms with van der Waals surface area (Å²) in [5.74, 6) is 0.556. The van der Waals surface area contributed by atoms with E-state index < -0.39 is 0 Å². The molecule has 0 bridgehead atoms. The summed E-state index contributed by atoms with van der Waals surface area (Å²) < 4.78 is 0. The summed E-state index contributed by atoms with van der Waals surface area (Å²) in [6.45, 7) is 3.18. The molecule has 2 unspecified atom stereocenters. The highest BCUT2D eigenvalue weighted by Crippen LogP contribution is 2.19. The molecule has 2 amide bonds. The molecular formula is C19H27N3O2. The summed E-state index contributed by atoms with van der Waals surface area (Å²) in [4.78, 5) is 26.8. The Morgan fingerprint density at radius 1 is 1.12 bits per heavy atom. The van der Waals surface area contributed by atoms with Crippen LogP contribution in [0, 0.1) is 5.92 Å². The van der Waals surface area contributed by atoms with Gasteiger partial charge in [-0.1, -0.05) is 24.6 Å². The van der Waals surface area contributed by atoms with Crippen molar-refractivity contribution in [1.29, 1.82) is 0 Å². The second kappa shape index (κ2) is 8.29. The number of carbonyl (C=O) groups excluding carboxylic acids is 2. The fourth-order valence-electron chi connectivity index (χ4n) is 3.64. The van der Waals surface area contributed by atoms with Crippen LogP contribution < -0.4 is 10.6 Å². The molecule has 2 atom stereocenters. The molecule has 2 saturated heterocycles. The van der Waals surface area contributed by atoms with E-state index in [1.165, 1.54) is 0 Å². The lowest BCUT2D eigenvalue weighted by atomic mass is 9.96. The molecule has 1 aromatic rings. The first kappa shape index (κ1) is 17.0. The van der Waals surface area contributed by atoms with Crippen molar-refractivity contribution in [2.75, 3.05) is 26.2 Å². The van der Waals surface area contributed by atoms with Crippen LogP contribution in [0.25, 0.3) is 0 Å². The number of nitrogens with one attached hydrogen (secondary N) is 2. The van der Waals surface area contributed by atoms with Crippen LogP contribution in [0.1, 0.15) is 42.5 Å². The monoisotopic (exact) mass is 329 g/mol. The number of benzene rings is 1. The van der Waals surface area contributed by atoms with E-state index >= 15 is 0 Å². The number of likely N-dealkylation sites (tertiary alicyclic amines) is 1. The summed E-state index contributed by atoms with van der Waals surface area (Å²) >= 11 is 0. The topological polar surface area (TPSA) is 61.4 Å². The van der Waals surface area contributed by atoms with Crippen molar-refractivity contribution < 1.29 is 9.59 Å². The van der Waals surface area contributed by atoms with Gasteiger partial charge in [0.25, 0.3) is 5.91 Å². The van der Waals surface area contributed by atoms with Gasteiger partial charge in [0, 0.05) is 25.2 Å². The van der Waals surface area contributed by atoms with Gasteiger partial charge >= 0.3 is 0 Å². The molecule has 130 valence electrons. The van der Waals surface area contributed by atoms with Gasteiger partial charge in [0.1, 0.15) is 0 Å². The maximum absolute atomic E-state index is 12.6. The lowest BCUT2D eigenvalue weighted by Gasteiger charge is -2.36. The zero-order valence-corrected chi connectivity index (χ0v) is 14.2. The molecule has 1 aromatic carbocycles. The van der Waals surface area contributed by atoms with Crippen LogP contribution in [0.3, 0.4) is 0 Å². The normalized spacial score (nSPS) is 24.4. The van der Waals surface area contributed by atoms with Crippen molar-refractivity contribution in [3.05, 3.63) is 35.9 Å². The number of hydrogen-bond acceptors (Lipinski definition) is 3. The fraction of sp³-hybridized carbons (Fsp3) is 0.579. The molecule has 0 aliphatic carbocycles. The Labute approximate surface area is 143 Å². The first-order chi connectivity index (χ1) is 11.7. The van der Waals surface area contributed by atoms with Crippen LogP contribution in [0.15, 0.2) is 30.3 Å². The van der Waals surface area contributed by atoms with Gasteiger partial charge in [-0.2, -0.15) is 0 Å². The molecule has 2 fully saturated rings. The van der Waals surface area contributed by atoms with Gasteiger partial charge in [0.05, 0.1) is 6.04 Å². The van der Waals surface area contributed by atoms with Crippen molar-refractivity contribution in [1.82, 2.24) is 15.5 Å². The standard InChI is InChI=1S/C19H27N3O2/c23-18(16-8-2-1-3-9-16)21-13-15-7-6-12-22(14-15)19(24)17-10-4-5-11-20-17/h1-3,8-9,15,17,20H,4-7,10-14H2,(H,21,23). The Morgan fingerprint density at radius 2 is 1.96 bits per heavy atom. The van der Waals surface area contributed by atoms with Crippen LogP contribution in [0.2, 0.25) is 0 Å². The van der Waals surface area contributed by atoms with E-state index in [2.05, 4.69) is 10.6 Å². The van der Waals surface area contributed by atoms with E-state index in [0.29, 0.717) is 18.0 Å². The zero-order valence-electron chi connectivity index (χ0n) is 14.2. The molecule has 3 rings (SSSR count). The zero-order chi connectivity index (χ0) is 16.8. The number of rotatable bonds is 4. The highest BCUT2D eigenvalue weighted by molar-refractivity contribution is 5.94. The van der Waals surface area contributed by atoms with E-state index in [1.807, 2.05) is 35.2 Å². The molecule has 5 heteroatoms. The van der Waals surface area contributed by atoms with Crippen molar-refractivity contribution in [2.24, 2.45) is 5.92 Å². The molecule has 2 heterocycles. The van der Waals surface area contributed by atoms with Crippen LogP contribution in [-0.2, 0) is 4.79 Å².